The Kier molecular flexibility index (Phi) is 7.53. The molecule has 2 aromatic carbocycles. The first-order chi connectivity index (χ1) is 12.9. The summed E-state index contributed by atoms with van der Waals surface area (Å²) in [4.78, 5) is 12.6. The lowest BCUT2D eigenvalue weighted by Crippen LogP contribution is -2.44. The van der Waals surface area contributed by atoms with Gasteiger partial charge in [0.2, 0.25) is 0 Å². The third-order valence-corrected chi connectivity index (χ3v) is 4.22. The Bertz CT molecular complexity index is 742. The molecule has 2 atom stereocenters. The molecule has 0 saturated heterocycles. The highest BCUT2D eigenvalue weighted by molar-refractivity contribution is 5.81. The first-order valence-corrected chi connectivity index (χ1v) is 9.24. The summed E-state index contributed by atoms with van der Waals surface area (Å²) in [5.41, 5.74) is 2.12. The fourth-order valence-corrected chi connectivity index (χ4v) is 2.58. The van der Waals surface area contributed by atoms with Gasteiger partial charge in [-0.25, -0.2) is 0 Å². The number of ether oxygens (including phenoxy) is 3. The van der Waals surface area contributed by atoms with Crippen molar-refractivity contribution in [3.8, 4) is 17.2 Å². The van der Waals surface area contributed by atoms with Gasteiger partial charge in [0.15, 0.2) is 6.10 Å². The predicted molar refractivity (Wildman–Crippen MR) is 107 cm³/mol. The minimum Gasteiger partial charge on any atom is -0.497 e. The van der Waals surface area contributed by atoms with Crippen LogP contribution in [0.4, 0.5) is 0 Å². The minimum atomic E-state index is -0.533. The molecule has 2 rings (SSSR count). The summed E-state index contributed by atoms with van der Waals surface area (Å²) >= 11 is 0. The monoisotopic (exact) mass is 371 g/mol. The fraction of sp³-hybridized carbons (Fsp3) is 0.409. The molecular weight excluding hydrogens is 342 g/mol. The summed E-state index contributed by atoms with van der Waals surface area (Å²) in [5, 5.41) is 2.96. The lowest BCUT2D eigenvalue weighted by Gasteiger charge is -2.22. The number of methoxy groups -OCH3 is 1. The molecule has 0 aliphatic rings. The van der Waals surface area contributed by atoms with E-state index in [9.17, 15) is 4.79 Å². The number of nitrogens with one attached hydrogen (secondary N) is 1. The number of amides is 1. The number of aryl methyl sites for hydroxylation is 2. The summed E-state index contributed by atoms with van der Waals surface area (Å²) in [5.74, 6) is 2.12. The number of benzene rings is 2. The van der Waals surface area contributed by atoms with Gasteiger partial charge in [-0.05, 0) is 68.7 Å². The zero-order valence-corrected chi connectivity index (χ0v) is 16.7. The average molecular weight is 371 g/mol. The van der Waals surface area contributed by atoms with Gasteiger partial charge in [0.05, 0.1) is 13.2 Å². The van der Waals surface area contributed by atoms with Gasteiger partial charge >= 0.3 is 0 Å². The van der Waals surface area contributed by atoms with Crippen molar-refractivity contribution in [1.82, 2.24) is 5.32 Å². The van der Waals surface area contributed by atoms with Crippen molar-refractivity contribution >= 4 is 5.91 Å². The maximum Gasteiger partial charge on any atom is 0.261 e. The van der Waals surface area contributed by atoms with E-state index in [0.29, 0.717) is 13.0 Å². The standard InChI is InChI=1S/C22H29NO4/c1-6-20(27-21-13-15(2)7-8-16(21)3)22(24)23-17(4)14-26-19-11-9-18(25-5)10-12-19/h7-13,17,20H,6,14H2,1-5H3,(H,23,24)/t17-,20-/m0/s1. The van der Waals surface area contributed by atoms with E-state index >= 15 is 0 Å². The predicted octanol–water partition coefficient (Wildman–Crippen LogP) is 4.05. The fourth-order valence-electron chi connectivity index (χ4n) is 2.58. The van der Waals surface area contributed by atoms with Crippen LogP contribution in [0.5, 0.6) is 17.2 Å². The smallest absolute Gasteiger partial charge is 0.261 e. The Hall–Kier alpha value is -2.69. The van der Waals surface area contributed by atoms with Crippen molar-refractivity contribution in [3.05, 3.63) is 53.6 Å². The van der Waals surface area contributed by atoms with Crippen LogP contribution in [0.15, 0.2) is 42.5 Å². The molecule has 0 heterocycles. The van der Waals surface area contributed by atoms with Crippen LogP contribution < -0.4 is 19.5 Å². The maximum absolute atomic E-state index is 12.6. The van der Waals surface area contributed by atoms with E-state index in [1.807, 2.05) is 70.2 Å². The highest BCUT2D eigenvalue weighted by Gasteiger charge is 2.21. The van der Waals surface area contributed by atoms with E-state index in [1.54, 1.807) is 7.11 Å². The van der Waals surface area contributed by atoms with E-state index < -0.39 is 6.10 Å². The summed E-state index contributed by atoms with van der Waals surface area (Å²) in [6, 6.07) is 13.2. The largest absolute Gasteiger partial charge is 0.497 e. The van der Waals surface area contributed by atoms with Crippen LogP contribution in [-0.4, -0.2) is 31.8 Å². The minimum absolute atomic E-state index is 0.135. The molecule has 0 aliphatic heterocycles. The van der Waals surface area contributed by atoms with Gasteiger partial charge in [-0.2, -0.15) is 0 Å². The zero-order chi connectivity index (χ0) is 19.8. The van der Waals surface area contributed by atoms with E-state index in [2.05, 4.69) is 5.32 Å². The molecule has 0 aromatic heterocycles. The lowest BCUT2D eigenvalue weighted by atomic mass is 10.1. The number of rotatable bonds is 9. The van der Waals surface area contributed by atoms with Crippen molar-refractivity contribution in [2.45, 2.75) is 46.3 Å². The van der Waals surface area contributed by atoms with Crippen molar-refractivity contribution < 1.29 is 19.0 Å². The van der Waals surface area contributed by atoms with E-state index in [0.717, 1.165) is 28.4 Å². The van der Waals surface area contributed by atoms with Crippen LogP contribution in [-0.2, 0) is 4.79 Å². The van der Waals surface area contributed by atoms with Gasteiger partial charge in [-0.15, -0.1) is 0 Å². The molecule has 1 N–H and O–H groups in total. The molecule has 0 radical (unpaired) electrons. The van der Waals surface area contributed by atoms with Crippen molar-refractivity contribution in [3.63, 3.8) is 0 Å². The first-order valence-electron chi connectivity index (χ1n) is 9.24. The number of hydrogen-bond acceptors (Lipinski definition) is 4. The van der Waals surface area contributed by atoms with Crippen LogP contribution in [0.3, 0.4) is 0 Å². The van der Waals surface area contributed by atoms with Crippen LogP contribution in [0.1, 0.15) is 31.4 Å². The second-order valence-electron chi connectivity index (χ2n) is 6.68. The summed E-state index contributed by atoms with van der Waals surface area (Å²) in [6.07, 6.45) is 0.0552. The molecule has 0 saturated carbocycles. The van der Waals surface area contributed by atoms with Crippen LogP contribution in [0.25, 0.3) is 0 Å². The summed E-state index contributed by atoms with van der Waals surface area (Å²) < 4.78 is 16.8. The maximum atomic E-state index is 12.6. The summed E-state index contributed by atoms with van der Waals surface area (Å²) in [6.45, 7) is 8.20. The molecule has 0 spiro atoms. The van der Waals surface area contributed by atoms with Crippen LogP contribution >= 0.6 is 0 Å². The van der Waals surface area contributed by atoms with Gasteiger partial charge in [-0.3, -0.25) is 4.79 Å². The molecule has 0 fully saturated rings. The van der Waals surface area contributed by atoms with Crippen molar-refractivity contribution in [2.75, 3.05) is 13.7 Å². The SMILES string of the molecule is CC[C@H](Oc1cc(C)ccc1C)C(=O)N[C@@H](C)COc1ccc(OC)cc1. The molecule has 0 aliphatic carbocycles. The number of carbonyl (C=O) groups is 1. The van der Waals surface area contributed by atoms with E-state index in [1.165, 1.54) is 0 Å². The third kappa shape index (κ3) is 6.20. The second-order valence-corrected chi connectivity index (χ2v) is 6.68. The van der Waals surface area contributed by atoms with Gasteiger partial charge in [0, 0.05) is 0 Å². The van der Waals surface area contributed by atoms with Gasteiger partial charge in [0.1, 0.15) is 23.9 Å². The molecule has 0 unspecified atom stereocenters. The quantitative estimate of drug-likeness (QED) is 0.722. The third-order valence-electron chi connectivity index (χ3n) is 4.22. The summed E-state index contributed by atoms with van der Waals surface area (Å²) in [7, 11) is 1.62. The van der Waals surface area contributed by atoms with E-state index in [4.69, 9.17) is 14.2 Å². The molecule has 146 valence electrons. The highest BCUT2D eigenvalue weighted by Crippen LogP contribution is 2.21. The van der Waals surface area contributed by atoms with Gasteiger partial charge in [0.25, 0.3) is 5.91 Å². The zero-order valence-electron chi connectivity index (χ0n) is 16.7. The molecular formula is C22H29NO4. The number of carbonyl (C=O) groups excluding carboxylic acids is 1. The highest BCUT2D eigenvalue weighted by atomic mass is 16.5. The van der Waals surface area contributed by atoms with Gasteiger partial charge < -0.3 is 19.5 Å². The molecule has 2 aromatic rings. The van der Waals surface area contributed by atoms with Crippen LogP contribution in [0, 0.1) is 13.8 Å². The van der Waals surface area contributed by atoms with E-state index in [-0.39, 0.29) is 11.9 Å². The Morgan fingerprint density at radius 2 is 1.74 bits per heavy atom. The lowest BCUT2D eigenvalue weighted by molar-refractivity contribution is -0.129. The van der Waals surface area contributed by atoms with Crippen molar-refractivity contribution in [1.29, 1.82) is 0 Å². The van der Waals surface area contributed by atoms with Gasteiger partial charge in [-0.1, -0.05) is 19.1 Å². The second kappa shape index (κ2) is 9.86. The topological polar surface area (TPSA) is 56.8 Å². The molecule has 27 heavy (non-hydrogen) atoms. The molecule has 0 bridgehead atoms. The molecule has 5 heteroatoms. The Morgan fingerprint density at radius 3 is 2.37 bits per heavy atom. The van der Waals surface area contributed by atoms with Crippen LogP contribution in [0.2, 0.25) is 0 Å². The molecule has 1 amide bonds. The van der Waals surface area contributed by atoms with Crippen molar-refractivity contribution in [2.24, 2.45) is 0 Å². The normalized spacial score (nSPS) is 12.8. The Balaban J connectivity index is 1.88. The Morgan fingerprint density at radius 1 is 1.07 bits per heavy atom. The Labute approximate surface area is 161 Å². The first kappa shape index (κ1) is 20.6. The number of hydrogen-bond donors (Lipinski definition) is 1. The molecule has 5 nitrogen and oxygen atoms in total. The average Bonchev–Trinajstić information content (AvgIpc) is 2.67.